The van der Waals surface area contributed by atoms with Crippen LogP contribution < -0.4 is 5.32 Å². The van der Waals surface area contributed by atoms with Gasteiger partial charge in [0.15, 0.2) is 0 Å². The average molecular weight is 298 g/mol. The van der Waals surface area contributed by atoms with Crippen LogP contribution in [0.15, 0.2) is 42.5 Å². The molecule has 0 saturated carbocycles. The van der Waals surface area contributed by atoms with Gasteiger partial charge in [0.1, 0.15) is 5.82 Å². The molecule has 0 saturated heterocycles. The third kappa shape index (κ3) is 3.46. The van der Waals surface area contributed by atoms with Gasteiger partial charge >= 0.3 is 0 Å². The predicted molar refractivity (Wildman–Crippen MR) is 75.4 cm³/mol. The fraction of sp³-hybridized carbons (Fsp3) is 0.0714. The molecule has 98 valence electrons. The van der Waals surface area contributed by atoms with Crippen molar-refractivity contribution in [2.24, 2.45) is 0 Å². The largest absolute Gasteiger partial charge is 0.321 e. The lowest BCUT2D eigenvalue weighted by Gasteiger charge is -2.08. The van der Waals surface area contributed by atoms with Crippen molar-refractivity contribution in [2.75, 3.05) is 5.32 Å². The van der Waals surface area contributed by atoms with Crippen molar-refractivity contribution < 1.29 is 9.18 Å². The van der Waals surface area contributed by atoms with Gasteiger partial charge in [-0.2, -0.15) is 0 Å². The molecule has 0 aliphatic heterocycles. The molecule has 2 aromatic rings. The highest BCUT2D eigenvalue weighted by atomic mass is 35.5. The Morgan fingerprint density at radius 2 is 2.00 bits per heavy atom. The molecule has 0 aliphatic rings. The van der Waals surface area contributed by atoms with Crippen LogP contribution in [0.5, 0.6) is 0 Å². The Bertz CT molecular complexity index is 616. The van der Waals surface area contributed by atoms with Crippen LogP contribution in [0, 0.1) is 5.82 Å². The summed E-state index contributed by atoms with van der Waals surface area (Å²) in [5, 5.41) is 2.85. The van der Waals surface area contributed by atoms with Gasteiger partial charge in [0.2, 0.25) is 0 Å². The van der Waals surface area contributed by atoms with E-state index in [0.717, 1.165) is 5.56 Å². The van der Waals surface area contributed by atoms with Gasteiger partial charge in [-0.25, -0.2) is 4.39 Å². The molecule has 0 spiro atoms. The summed E-state index contributed by atoms with van der Waals surface area (Å²) in [5.41, 5.74) is 1.51. The molecule has 19 heavy (non-hydrogen) atoms. The van der Waals surface area contributed by atoms with Crippen LogP contribution in [0.1, 0.15) is 15.9 Å². The molecular weight excluding hydrogens is 288 g/mol. The van der Waals surface area contributed by atoms with Crippen LogP contribution in [-0.2, 0) is 5.88 Å². The minimum Gasteiger partial charge on any atom is -0.321 e. The van der Waals surface area contributed by atoms with Gasteiger partial charge in [0, 0.05) is 11.4 Å². The summed E-state index contributed by atoms with van der Waals surface area (Å²) in [6.07, 6.45) is 0. The van der Waals surface area contributed by atoms with Gasteiger partial charge in [-0.1, -0.05) is 23.7 Å². The van der Waals surface area contributed by atoms with Crippen molar-refractivity contribution in [1.82, 2.24) is 0 Å². The molecule has 0 aliphatic carbocycles. The third-order valence-electron chi connectivity index (χ3n) is 2.52. The molecule has 0 heterocycles. The number of anilines is 1. The maximum absolute atomic E-state index is 13.1. The Hall–Kier alpha value is -1.58. The van der Waals surface area contributed by atoms with Crippen molar-refractivity contribution in [3.8, 4) is 0 Å². The molecular formula is C14H10Cl2FNO. The quantitative estimate of drug-likeness (QED) is 0.832. The van der Waals surface area contributed by atoms with E-state index in [1.54, 1.807) is 18.2 Å². The predicted octanol–water partition coefficient (Wildman–Crippen LogP) is 4.47. The van der Waals surface area contributed by atoms with E-state index >= 15 is 0 Å². The zero-order valence-corrected chi connectivity index (χ0v) is 11.3. The Morgan fingerprint density at radius 3 is 2.74 bits per heavy atom. The van der Waals surface area contributed by atoms with E-state index in [4.69, 9.17) is 23.2 Å². The first kappa shape index (κ1) is 13.8. The molecule has 5 heteroatoms. The number of benzene rings is 2. The molecule has 1 amide bonds. The molecule has 0 fully saturated rings. The standard InChI is InChI=1S/C14H10Cl2FNO/c15-8-9-2-1-3-10(6-9)14(19)18-13-7-11(17)4-5-12(13)16/h1-7H,8H2,(H,18,19). The minimum absolute atomic E-state index is 0.239. The second-order valence-corrected chi connectivity index (χ2v) is 4.59. The highest BCUT2D eigenvalue weighted by molar-refractivity contribution is 6.33. The van der Waals surface area contributed by atoms with E-state index < -0.39 is 5.82 Å². The van der Waals surface area contributed by atoms with Gasteiger partial charge in [0.25, 0.3) is 5.91 Å². The molecule has 0 unspecified atom stereocenters. The second-order valence-electron chi connectivity index (χ2n) is 3.91. The van der Waals surface area contributed by atoms with Crippen LogP contribution >= 0.6 is 23.2 Å². The molecule has 0 bridgehead atoms. The Labute approximate surface area is 120 Å². The van der Waals surface area contributed by atoms with E-state index in [-0.39, 0.29) is 16.6 Å². The van der Waals surface area contributed by atoms with Crippen molar-refractivity contribution in [2.45, 2.75) is 5.88 Å². The molecule has 2 rings (SSSR count). The zero-order chi connectivity index (χ0) is 13.8. The van der Waals surface area contributed by atoms with Crippen molar-refractivity contribution in [1.29, 1.82) is 0 Å². The monoisotopic (exact) mass is 297 g/mol. The lowest BCUT2D eigenvalue weighted by atomic mass is 10.1. The summed E-state index contributed by atoms with van der Waals surface area (Å²) in [5.74, 6) is -0.504. The lowest BCUT2D eigenvalue weighted by Crippen LogP contribution is -2.12. The maximum atomic E-state index is 13.1. The number of amides is 1. The summed E-state index contributed by atoms with van der Waals surface area (Å²) in [4.78, 5) is 12.0. The number of alkyl halides is 1. The Kier molecular flexibility index (Phi) is 4.40. The molecule has 2 nitrogen and oxygen atoms in total. The lowest BCUT2D eigenvalue weighted by molar-refractivity contribution is 0.102. The number of halogens is 3. The fourth-order valence-corrected chi connectivity index (χ4v) is 1.91. The third-order valence-corrected chi connectivity index (χ3v) is 3.16. The number of nitrogens with one attached hydrogen (secondary N) is 1. The number of carbonyl (C=O) groups is 1. The molecule has 2 aromatic carbocycles. The Balaban J connectivity index is 2.22. The topological polar surface area (TPSA) is 29.1 Å². The van der Waals surface area contributed by atoms with Gasteiger partial charge in [-0.15, -0.1) is 11.6 Å². The van der Waals surface area contributed by atoms with Gasteiger partial charge < -0.3 is 5.32 Å². The summed E-state index contributed by atoms with van der Waals surface area (Å²) < 4.78 is 13.1. The molecule has 0 radical (unpaired) electrons. The number of rotatable bonds is 3. The van der Waals surface area contributed by atoms with Crippen LogP contribution in [0.3, 0.4) is 0 Å². The summed E-state index contributed by atoms with van der Waals surface area (Å²) >= 11 is 11.6. The van der Waals surface area contributed by atoms with Crippen LogP contribution in [-0.4, -0.2) is 5.91 Å². The van der Waals surface area contributed by atoms with Crippen LogP contribution in [0.2, 0.25) is 5.02 Å². The zero-order valence-electron chi connectivity index (χ0n) is 9.79. The van der Waals surface area contributed by atoms with Crippen LogP contribution in [0.4, 0.5) is 10.1 Å². The van der Waals surface area contributed by atoms with E-state index in [0.29, 0.717) is 11.4 Å². The van der Waals surface area contributed by atoms with Gasteiger partial charge in [-0.05, 0) is 35.9 Å². The average Bonchev–Trinajstić information content (AvgIpc) is 2.43. The number of carbonyl (C=O) groups excluding carboxylic acids is 1. The van der Waals surface area contributed by atoms with Crippen LogP contribution in [0.25, 0.3) is 0 Å². The first-order valence-electron chi connectivity index (χ1n) is 5.51. The highest BCUT2D eigenvalue weighted by Crippen LogP contribution is 2.23. The van der Waals surface area contributed by atoms with E-state index in [2.05, 4.69) is 5.32 Å². The minimum atomic E-state index is -0.464. The SMILES string of the molecule is O=C(Nc1cc(F)ccc1Cl)c1cccc(CCl)c1. The second kappa shape index (κ2) is 6.04. The van der Waals surface area contributed by atoms with E-state index in [1.165, 1.54) is 18.2 Å². The number of hydrogen-bond donors (Lipinski definition) is 1. The van der Waals surface area contributed by atoms with E-state index in [1.807, 2.05) is 6.07 Å². The summed E-state index contributed by atoms with van der Waals surface area (Å²) in [6, 6.07) is 10.7. The first-order valence-corrected chi connectivity index (χ1v) is 6.42. The van der Waals surface area contributed by atoms with Crippen molar-refractivity contribution in [3.05, 3.63) is 64.4 Å². The highest BCUT2D eigenvalue weighted by Gasteiger charge is 2.09. The van der Waals surface area contributed by atoms with E-state index in [9.17, 15) is 9.18 Å². The summed E-state index contributed by atoms with van der Waals surface area (Å²) in [7, 11) is 0. The smallest absolute Gasteiger partial charge is 0.255 e. The van der Waals surface area contributed by atoms with Gasteiger partial charge in [-0.3, -0.25) is 4.79 Å². The van der Waals surface area contributed by atoms with Crippen molar-refractivity contribution >= 4 is 34.8 Å². The normalized spacial score (nSPS) is 10.3. The maximum Gasteiger partial charge on any atom is 0.255 e. The number of hydrogen-bond acceptors (Lipinski definition) is 1. The summed E-state index contributed by atoms with van der Waals surface area (Å²) in [6.45, 7) is 0. The Morgan fingerprint density at radius 1 is 1.21 bits per heavy atom. The first-order chi connectivity index (χ1) is 9.10. The molecule has 0 aromatic heterocycles. The fourth-order valence-electron chi connectivity index (χ4n) is 1.58. The van der Waals surface area contributed by atoms with Crippen molar-refractivity contribution in [3.63, 3.8) is 0 Å². The van der Waals surface area contributed by atoms with Gasteiger partial charge in [0.05, 0.1) is 10.7 Å². The molecule has 1 N–H and O–H groups in total. The molecule has 0 atom stereocenters.